The Morgan fingerprint density at radius 2 is 1.67 bits per heavy atom. The molecule has 0 radical (unpaired) electrons. The van der Waals surface area contributed by atoms with Gasteiger partial charge in [-0.05, 0) is 25.7 Å². The van der Waals surface area contributed by atoms with Crippen LogP contribution in [0.3, 0.4) is 0 Å². The highest BCUT2D eigenvalue weighted by molar-refractivity contribution is 5.87. The second-order valence-corrected chi connectivity index (χ2v) is 7.69. The van der Waals surface area contributed by atoms with E-state index in [0.29, 0.717) is 0 Å². The molecule has 7 nitrogen and oxygen atoms in total. The lowest BCUT2D eigenvalue weighted by Gasteiger charge is -2.47. The number of morpholine rings is 1. The van der Waals surface area contributed by atoms with E-state index >= 15 is 0 Å². The summed E-state index contributed by atoms with van der Waals surface area (Å²) in [5.74, 6) is -0.386. The van der Waals surface area contributed by atoms with Crippen LogP contribution >= 0.6 is 24.8 Å². The zero-order valence-corrected chi connectivity index (χ0v) is 18.3. The maximum absolute atomic E-state index is 12.3. The molecule has 1 aliphatic carbocycles. The summed E-state index contributed by atoms with van der Waals surface area (Å²) in [7, 11) is 0. The number of ether oxygens (including phenoxy) is 1. The van der Waals surface area contributed by atoms with Crippen molar-refractivity contribution in [2.24, 2.45) is 11.7 Å². The summed E-state index contributed by atoms with van der Waals surface area (Å²) < 4.78 is 5.48. The highest BCUT2D eigenvalue weighted by Gasteiger charge is 2.44. The van der Waals surface area contributed by atoms with E-state index in [1.165, 1.54) is 12.8 Å². The lowest BCUT2D eigenvalue weighted by Crippen LogP contribution is -2.62. The van der Waals surface area contributed by atoms with E-state index in [-0.39, 0.29) is 60.7 Å². The van der Waals surface area contributed by atoms with E-state index in [2.05, 4.69) is 22.5 Å². The number of rotatable bonds is 7. The second-order valence-electron chi connectivity index (χ2n) is 7.69. The third-order valence-electron chi connectivity index (χ3n) is 5.74. The molecular weight excluding hydrogens is 391 g/mol. The monoisotopic (exact) mass is 426 g/mol. The molecule has 4 N–H and O–H groups in total. The third-order valence-corrected chi connectivity index (χ3v) is 5.74. The molecule has 2 aliphatic rings. The van der Waals surface area contributed by atoms with Crippen molar-refractivity contribution in [3.8, 4) is 0 Å². The molecule has 2 amide bonds. The molecule has 1 saturated heterocycles. The summed E-state index contributed by atoms with van der Waals surface area (Å²) in [6, 6.07) is -0.545. The minimum absolute atomic E-state index is 0. The zero-order chi connectivity index (χ0) is 18.4. The van der Waals surface area contributed by atoms with E-state index in [0.717, 1.165) is 39.1 Å². The molecule has 2 atom stereocenters. The minimum Gasteiger partial charge on any atom is -0.379 e. The smallest absolute Gasteiger partial charge is 0.239 e. The van der Waals surface area contributed by atoms with Crippen LogP contribution in [0.5, 0.6) is 0 Å². The number of nitrogens with zero attached hydrogens (tertiary/aromatic N) is 1. The summed E-state index contributed by atoms with van der Waals surface area (Å²) in [4.78, 5) is 26.7. The maximum Gasteiger partial charge on any atom is 0.239 e. The van der Waals surface area contributed by atoms with E-state index in [4.69, 9.17) is 10.5 Å². The van der Waals surface area contributed by atoms with Gasteiger partial charge in [0.05, 0.1) is 25.8 Å². The van der Waals surface area contributed by atoms with Crippen LogP contribution in [0.15, 0.2) is 0 Å². The van der Waals surface area contributed by atoms with Crippen molar-refractivity contribution in [1.29, 1.82) is 0 Å². The first-order valence-corrected chi connectivity index (χ1v) is 9.52. The Balaban J connectivity index is 0.00000338. The average molecular weight is 427 g/mol. The highest BCUT2D eigenvalue weighted by atomic mass is 35.5. The Kier molecular flexibility index (Phi) is 11.8. The lowest BCUT2D eigenvalue weighted by atomic mass is 9.86. The molecule has 27 heavy (non-hydrogen) atoms. The van der Waals surface area contributed by atoms with Crippen molar-refractivity contribution in [2.45, 2.75) is 64.1 Å². The van der Waals surface area contributed by atoms with E-state index in [1.54, 1.807) is 0 Å². The van der Waals surface area contributed by atoms with Crippen molar-refractivity contribution in [3.63, 3.8) is 0 Å². The van der Waals surface area contributed by atoms with Gasteiger partial charge in [0.15, 0.2) is 0 Å². The molecule has 0 bridgehead atoms. The molecule has 160 valence electrons. The fourth-order valence-corrected chi connectivity index (χ4v) is 4.03. The zero-order valence-electron chi connectivity index (χ0n) is 16.7. The van der Waals surface area contributed by atoms with Crippen molar-refractivity contribution in [3.05, 3.63) is 0 Å². The summed E-state index contributed by atoms with van der Waals surface area (Å²) in [5.41, 5.74) is 5.81. The standard InChI is InChI=1S/C18H34N4O3.2ClH/c1-13(2)16(19)17(24)20-12-15(23)21-14(3)18(6-4-5-7-18)22-8-10-25-11-9-22;;/h13-14,16H,4-12,19H2,1-3H3,(H,20,24)(H,21,23);2*1H/t14?,16-;;/m0../s1. The summed E-state index contributed by atoms with van der Waals surface area (Å²) in [5, 5.41) is 5.75. The Hall–Kier alpha value is -0.600. The largest absolute Gasteiger partial charge is 0.379 e. The van der Waals surface area contributed by atoms with Crippen molar-refractivity contribution >= 4 is 36.6 Å². The molecule has 0 aromatic rings. The van der Waals surface area contributed by atoms with Crippen molar-refractivity contribution < 1.29 is 14.3 Å². The van der Waals surface area contributed by atoms with Gasteiger partial charge in [-0.3, -0.25) is 14.5 Å². The molecule has 1 heterocycles. The number of hydrogen-bond acceptors (Lipinski definition) is 5. The van der Waals surface area contributed by atoms with Gasteiger partial charge in [0, 0.05) is 24.7 Å². The van der Waals surface area contributed by atoms with Crippen LogP contribution in [-0.2, 0) is 14.3 Å². The van der Waals surface area contributed by atoms with Gasteiger partial charge >= 0.3 is 0 Å². The number of halogens is 2. The Morgan fingerprint density at radius 1 is 1.11 bits per heavy atom. The van der Waals surface area contributed by atoms with Crippen LogP contribution in [-0.4, -0.2) is 67.2 Å². The van der Waals surface area contributed by atoms with Crippen LogP contribution in [0.1, 0.15) is 46.5 Å². The normalized spacial score (nSPS) is 21.5. The first kappa shape index (κ1) is 26.4. The number of carbonyl (C=O) groups excluding carboxylic acids is 2. The summed E-state index contributed by atoms with van der Waals surface area (Å²) in [6.07, 6.45) is 4.58. The molecule has 2 rings (SSSR count). The second kappa shape index (κ2) is 12.1. The Bertz CT molecular complexity index is 468. The van der Waals surface area contributed by atoms with E-state index in [9.17, 15) is 9.59 Å². The van der Waals surface area contributed by atoms with Crippen LogP contribution in [0, 0.1) is 5.92 Å². The summed E-state index contributed by atoms with van der Waals surface area (Å²) >= 11 is 0. The molecule has 1 unspecified atom stereocenters. The van der Waals surface area contributed by atoms with Gasteiger partial charge in [-0.2, -0.15) is 0 Å². The molecule has 0 aromatic carbocycles. The van der Waals surface area contributed by atoms with Gasteiger partial charge in [0.1, 0.15) is 0 Å². The van der Waals surface area contributed by atoms with Crippen molar-refractivity contribution in [1.82, 2.24) is 15.5 Å². The minimum atomic E-state index is -0.584. The SMILES string of the molecule is CC(C)[C@H](N)C(=O)NCC(=O)NC(C)C1(N2CCOCC2)CCCC1.Cl.Cl. The topological polar surface area (TPSA) is 96.7 Å². The third kappa shape index (κ3) is 6.75. The van der Waals surface area contributed by atoms with Gasteiger partial charge in [0.2, 0.25) is 11.8 Å². The predicted octanol–water partition coefficient (Wildman–Crippen LogP) is 1.08. The van der Waals surface area contributed by atoms with Gasteiger partial charge < -0.3 is 21.1 Å². The Morgan fingerprint density at radius 3 is 2.19 bits per heavy atom. The summed E-state index contributed by atoms with van der Waals surface area (Å²) in [6.45, 7) is 9.18. The molecule has 2 fully saturated rings. The van der Waals surface area contributed by atoms with Gasteiger partial charge in [-0.25, -0.2) is 0 Å². The van der Waals surface area contributed by atoms with Gasteiger partial charge in [0.25, 0.3) is 0 Å². The molecule has 1 aliphatic heterocycles. The number of hydrogen-bond donors (Lipinski definition) is 3. The quantitative estimate of drug-likeness (QED) is 0.565. The molecule has 0 aromatic heterocycles. The lowest BCUT2D eigenvalue weighted by molar-refractivity contribution is -0.128. The van der Waals surface area contributed by atoms with E-state index in [1.807, 2.05) is 13.8 Å². The number of nitrogens with two attached hydrogens (primary N) is 1. The molecule has 0 spiro atoms. The van der Waals surface area contributed by atoms with E-state index < -0.39 is 6.04 Å². The maximum atomic E-state index is 12.3. The average Bonchev–Trinajstić information content (AvgIpc) is 3.10. The number of amides is 2. The molecule has 9 heteroatoms. The molecular formula is C18H36Cl2N4O3. The highest BCUT2D eigenvalue weighted by Crippen LogP contribution is 2.38. The van der Waals surface area contributed by atoms with Crippen LogP contribution < -0.4 is 16.4 Å². The van der Waals surface area contributed by atoms with Crippen molar-refractivity contribution in [2.75, 3.05) is 32.8 Å². The first-order chi connectivity index (χ1) is 11.9. The fourth-order valence-electron chi connectivity index (χ4n) is 4.03. The first-order valence-electron chi connectivity index (χ1n) is 9.52. The fraction of sp³-hybridized carbons (Fsp3) is 0.889. The molecule has 1 saturated carbocycles. The van der Waals surface area contributed by atoms with Gasteiger partial charge in [-0.1, -0.05) is 26.7 Å². The van der Waals surface area contributed by atoms with Crippen LogP contribution in [0.25, 0.3) is 0 Å². The number of carbonyl (C=O) groups is 2. The van der Waals surface area contributed by atoms with Crippen LogP contribution in [0.4, 0.5) is 0 Å². The number of nitrogens with one attached hydrogen (secondary N) is 2. The van der Waals surface area contributed by atoms with Gasteiger partial charge in [-0.15, -0.1) is 24.8 Å². The van der Waals surface area contributed by atoms with Crippen LogP contribution in [0.2, 0.25) is 0 Å². The predicted molar refractivity (Wildman–Crippen MR) is 112 cm³/mol. The Labute approximate surface area is 175 Å².